The zero-order chi connectivity index (χ0) is 20.8. The Morgan fingerprint density at radius 3 is 2.76 bits per heavy atom. The summed E-state index contributed by atoms with van der Waals surface area (Å²) in [6, 6.07) is 12.0. The predicted molar refractivity (Wildman–Crippen MR) is 114 cm³/mol. The lowest BCUT2D eigenvalue weighted by Gasteiger charge is -2.11. The van der Waals surface area contributed by atoms with E-state index in [4.69, 9.17) is 21.1 Å². The standard InChI is InChI=1S/C20H18ClN3O4S/c1-27-15-6-7-16(17(11-15)28-2)23-18(25)12-29-19-20(26)24(9-8-22-19)14-5-3-4-13(21)10-14/h3-11H,12H2,1-2H3,(H,23,25). The summed E-state index contributed by atoms with van der Waals surface area (Å²) in [5, 5.41) is 3.50. The van der Waals surface area contributed by atoms with Crippen molar-refractivity contribution in [2.75, 3.05) is 25.3 Å². The van der Waals surface area contributed by atoms with Crippen molar-refractivity contribution in [3.63, 3.8) is 0 Å². The number of carbonyl (C=O) groups is 1. The largest absolute Gasteiger partial charge is 0.497 e. The van der Waals surface area contributed by atoms with Crippen LogP contribution in [-0.2, 0) is 4.79 Å². The third kappa shape index (κ3) is 5.10. The Bertz CT molecular complexity index is 1090. The van der Waals surface area contributed by atoms with Crippen molar-refractivity contribution in [1.29, 1.82) is 0 Å². The van der Waals surface area contributed by atoms with Gasteiger partial charge in [-0.3, -0.25) is 14.2 Å². The lowest BCUT2D eigenvalue weighted by molar-refractivity contribution is -0.113. The van der Waals surface area contributed by atoms with Gasteiger partial charge in [-0.1, -0.05) is 29.4 Å². The van der Waals surface area contributed by atoms with Crippen LogP contribution >= 0.6 is 23.4 Å². The number of nitrogens with zero attached hydrogens (tertiary/aromatic N) is 2. The zero-order valence-corrected chi connectivity index (χ0v) is 17.3. The Hall–Kier alpha value is -2.97. The van der Waals surface area contributed by atoms with E-state index in [1.54, 1.807) is 55.8 Å². The summed E-state index contributed by atoms with van der Waals surface area (Å²) in [6.07, 6.45) is 3.06. The van der Waals surface area contributed by atoms with Crippen molar-refractivity contribution in [2.45, 2.75) is 5.03 Å². The molecule has 1 aromatic heterocycles. The molecule has 0 atom stereocenters. The van der Waals surface area contributed by atoms with E-state index < -0.39 is 0 Å². The van der Waals surface area contributed by atoms with E-state index in [0.717, 1.165) is 11.8 Å². The molecule has 3 aromatic rings. The maximum absolute atomic E-state index is 12.7. The molecule has 150 valence electrons. The van der Waals surface area contributed by atoms with Gasteiger partial charge in [0.2, 0.25) is 5.91 Å². The molecule has 0 spiro atoms. The van der Waals surface area contributed by atoms with Crippen LogP contribution in [0.5, 0.6) is 11.5 Å². The number of hydrogen-bond acceptors (Lipinski definition) is 6. The number of halogens is 1. The average molecular weight is 432 g/mol. The topological polar surface area (TPSA) is 82.5 Å². The molecule has 2 aromatic carbocycles. The smallest absolute Gasteiger partial charge is 0.287 e. The number of amides is 1. The Labute approximate surface area is 176 Å². The normalized spacial score (nSPS) is 10.4. The van der Waals surface area contributed by atoms with Gasteiger partial charge in [0.25, 0.3) is 5.56 Å². The van der Waals surface area contributed by atoms with E-state index in [9.17, 15) is 9.59 Å². The molecule has 0 aliphatic carbocycles. The van der Waals surface area contributed by atoms with Gasteiger partial charge in [-0.2, -0.15) is 0 Å². The average Bonchev–Trinajstić information content (AvgIpc) is 2.73. The van der Waals surface area contributed by atoms with Crippen LogP contribution in [0.3, 0.4) is 0 Å². The number of methoxy groups -OCH3 is 2. The summed E-state index contributed by atoms with van der Waals surface area (Å²) in [7, 11) is 3.05. The number of nitrogens with one attached hydrogen (secondary N) is 1. The van der Waals surface area contributed by atoms with Gasteiger partial charge in [0.1, 0.15) is 11.5 Å². The maximum atomic E-state index is 12.7. The maximum Gasteiger partial charge on any atom is 0.287 e. The number of carbonyl (C=O) groups excluding carboxylic acids is 1. The molecule has 1 N–H and O–H groups in total. The molecular formula is C20H18ClN3O4S. The highest BCUT2D eigenvalue weighted by Crippen LogP contribution is 2.29. The number of aromatic nitrogens is 2. The van der Waals surface area contributed by atoms with Gasteiger partial charge in [-0.05, 0) is 30.3 Å². The second-order valence-corrected chi connectivity index (χ2v) is 7.19. The minimum atomic E-state index is -0.324. The first-order chi connectivity index (χ1) is 14.0. The van der Waals surface area contributed by atoms with E-state index in [0.29, 0.717) is 27.9 Å². The molecule has 0 aliphatic rings. The van der Waals surface area contributed by atoms with Gasteiger partial charge in [0, 0.05) is 23.5 Å². The predicted octanol–water partition coefficient (Wildman–Crippen LogP) is 3.63. The Balaban J connectivity index is 1.71. The van der Waals surface area contributed by atoms with Crippen LogP contribution in [0.2, 0.25) is 5.02 Å². The summed E-state index contributed by atoms with van der Waals surface area (Å²) in [5.74, 6) is 0.808. The summed E-state index contributed by atoms with van der Waals surface area (Å²) in [5.41, 5.74) is 0.810. The highest BCUT2D eigenvalue weighted by molar-refractivity contribution is 7.99. The molecular weight excluding hydrogens is 414 g/mol. The van der Waals surface area contributed by atoms with Gasteiger partial charge < -0.3 is 14.8 Å². The third-order valence-corrected chi connectivity index (χ3v) is 5.11. The number of rotatable bonds is 7. The van der Waals surface area contributed by atoms with Crippen LogP contribution < -0.4 is 20.3 Å². The second kappa shape index (κ2) is 9.49. The van der Waals surface area contributed by atoms with Crippen LogP contribution in [0.15, 0.2) is 64.7 Å². The highest BCUT2D eigenvalue weighted by atomic mass is 35.5. The van der Waals surface area contributed by atoms with Crippen LogP contribution in [-0.4, -0.2) is 35.4 Å². The lowest BCUT2D eigenvalue weighted by Crippen LogP contribution is -2.22. The minimum Gasteiger partial charge on any atom is -0.497 e. The summed E-state index contributed by atoms with van der Waals surface area (Å²) in [6.45, 7) is 0. The molecule has 0 aliphatic heterocycles. The van der Waals surface area contributed by atoms with Gasteiger partial charge in [-0.15, -0.1) is 0 Å². The van der Waals surface area contributed by atoms with Crippen molar-refractivity contribution < 1.29 is 14.3 Å². The molecule has 29 heavy (non-hydrogen) atoms. The van der Waals surface area contributed by atoms with Crippen LogP contribution in [0.1, 0.15) is 0 Å². The molecule has 1 amide bonds. The molecule has 1 heterocycles. The van der Waals surface area contributed by atoms with Crippen LogP contribution in [0, 0.1) is 0 Å². The van der Waals surface area contributed by atoms with Crippen molar-refractivity contribution >= 4 is 35.0 Å². The van der Waals surface area contributed by atoms with Gasteiger partial charge >= 0.3 is 0 Å². The van der Waals surface area contributed by atoms with Crippen molar-refractivity contribution in [2.24, 2.45) is 0 Å². The highest BCUT2D eigenvalue weighted by Gasteiger charge is 2.13. The molecule has 0 radical (unpaired) electrons. The first kappa shape index (κ1) is 20.8. The molecule has 3 rings (SSSR count). The molecule has 9 heteroatoms. The first-order valence-electron chi connectivity index (χ1n) is 8.50. The van der Waals surface area contributed by atoms with Crippen molar-refractivity contribution in [1.82, 2.24) is 9.55 Å². The number of hydrogen-bond donors (Lipinski definition) is 1. The number of anilines is 1. The zero-order valence-electron chi connectivity index (χ0n) is 15.7. The van der Waals surface area contributed by atoms with E-state index in [1.165, 1.54) is 17.9 Å². The quantitative estimate of drug-likeness (QED) is 0.575. The third-order valence-electron chi connectivity index (χ3n) is 3.92. The SMILES string of the molecule is COc1ccc(NC(=O)CSc2nccn(-c3cccc(Cl)c3)c2=O)c(OC)c1. The summed E-state index contributed by atoms with van der Waals surface area (Å²) < 4.78 is 11.8. The van der Waals surface area contributed by atoms with E-state index in [1.807, 2.05) is 0 Å². The van der Waals surface area contributed by atoms with E-state index in [2.05, 4.69) is 10.3 Å². The van der Waals surface area contributed by atoms with E-state index in [-0.39, 0.29) is 22.2 Å². The second-order valence-electron chi connectivity index (χ2n) is 5.79. The molecule has 0 bridgehead atoms. The fourth-order valence-electron chi connectivity index (χ4n) is 2.54. The van der Waals surface area contributed by atoms with Gasteiger partial charge in [0.05, 0.1) is 31.3 Å². The van der Waals surface area contributed by atoms with Gasteiger partial charge in [0.15, 0.2) is 5.03 Å². The van der Waals surface area contributed by atoms with E-state index >= 15 is 0 Å². The Morgan fingerprint density at radius 2 is 2.03 bits per heavy atom. The number of thioether (sulfide) groups is 1. The number of benzene rings is 2. The number of ether oxygens (including phenoxy) is 2. The molecule has 0 saturated heterocycles. The van der Waals surface area contributed by atoms with Crippen LogP contribution in [0.4, 0.5) is 5.69 Å². The lowest BCUT2D eigenvalue weighted by atomic mass is 10.2. The molecule has 0 fully saturated rings. The summed E-state index contributed by atoms with van der Waals surface area (Å²) >= 11 is 7.06. The molecule has 0 saturated carbocycles. The van der Waals surface area contributed by atoms with Crippen molar-refractivity contribution in [3.05, 3.63) is 70.2 Å². The Kier molecular flexibility index (Phi) is 6.79. The Morgan fingerprint density at radius 1 is 1.21 bits per heavy atom. The van der Waals surface area contributed by atoms with Crippen LogP contribution in [0.25, 0.3) is 5.69 Å². The monoisotopic (exact) mass is 431 g/mol. The van der Waals surface area contributed by atoms with Gasteiger partial charge in [-0.25, -0.2) is 4.98 Å². The summed E-state index contributed by atoms with van der Waals surface area (Å²) in [4.78, 5) is 29.1. The fraction of sp³-hybridized carbons (Fsp3) is 0.150. The first-order valence-corrected chi connectivity index (χ1v) is 9.86. The molecule has 0 unspecified atom stereocenters. The fourth-order valence-corrected chi connectivity index (χ4v) is 3.43. The molecule has 7 nitrogen and oxygen atoms in total. The van der Waals surface area contributed by atoms with Crippen molar-refractivity contribution in [3.8, 4) is 17.2 Å². The minimum absolute atomic E-state index is 0.0109.